The molecule has 1 aromatic carbocycles. The highest BCUT2D eigenvalue weighted by molar-refractivity contribution is 5.93. The fraction of sp³-hybridized carbons (Fsp3) is 0.429. The number of carboxylic acid groups (broad SMARTS) is 1. The maximum absolute atomic E-state index is 11.6. The van der Waals surface area contributed by atoms with E-state index in [1.54, 1.807) is 7.05 Å². The van der Waals surface area contributed by atoms with Crippen LogP contribution in [0.5, 0.6) is 0 Å². The van der Waals surface area contributed by atoms with E-state index in [1.807, 2.05) is 32.9 Å². The minimum Gasteiger partial charge on any atom is -0.481 e. The van der Waals surface area contributed by atoms with Gasteiger partial charge in [-0.3, -0.25) is 9.59 Å². The van der Waals surface area contributed by atoms with Crippen molar-refractivity contribution in [2.75, 3.05) is 7.05 Å². The fourth-order valence-corrected chi connectivity index (χ4v) is 1.79. The summed E-state index contributed by atoms with van der Waals surface area (Å²) in [6.07, 6.45) is -0.458. The van der Waals surface area contributed by atoms with Gasteiger partial charge >= 0.3 is 5.97 Å². The minimum atomic E-state index is -1.09. The number of amides is 1. The number of nitrogens with zero attached hydrogens (tertiary/aromatic N) is 1. The Balaban J connectivity index is 2.82. The summed E-state index contributed by atoms with van der Waals surface area (Å²) in [5, 5.41) is 8.59. The molecule has 1 aromatic rings. The Morgan fingerprint density at radius 1 is 1.17 bits per heavy atom. The third-order valence-corrected chi connectivity index (χ3v) is 3.31. The summed E-state index contributed by atoms with van der Waals surface area (Å²) >= 11 is 0. The Morgan fingerprint density at radius 2 is 1.78 bits per heavy atom. The number of carbonyl (C=O) groups excluding carboxylic acids is 1. The van der Waals surface area contributed by atoms with Crippen LogP contribution in [-0.2, 0) is 16.1 Å². The van der Waals surface area contributed by atoms with Crippen LogP contribution < -0.4 is 0 Å². The molecule has 0 bridgehead atoms. The second-order valence-electron chi connectivity index (χ2n) is 4.61. The highest BCUT2D eigenvalue weighted by atomic mass is 16.4. The summed E-state index contributed by atoms with van der Waals surface area (Å²) in [4.78, 5) is 23.5. The van der Waals surface area contributed by atoms with E-state index < -0.39 is 12.4 Å². The van der Waals surface area contributed by atoms with Gasteiger partial charge in [0, 0.05) is 13.6 Å². The average Bonchev–Trinajstić information content (AvgIpc) is 2.29. The third kappa shape index (κ3) is 3.32. The van der Waals surface area contributed by atoms with Crippen LogP contribution in [0.15, 0.2) is 12.1 Å². The van der Waals surface area contributed by atoms with Crippen molar-refractivity contribution in [2.24, 2.45) is 0 Å². The SMILES string of the molecule is Cc1ccc(CN(C)C(=O)CC(=O)O)c(C)c1C. The van der Waals surface area contributed by atoms with E-state index in [0.29, 0.717) is 6.54 Å². The number of aryl methyl sites for hydroxylation is 1. The molecule has 1 amide bonds. The Morgan fingerprint density at radius 3 is 2.33 bits per heavy atom. The molecule has 18 heavy (non-hydrogen) atoms. The minimum absolute atomic E-state index is 0.375. The molecule has 1 N–H and O–H groups in total. The Labute approximate surface area is 107 Å². The number of hydrogen-bond donors (Lipinski definition) is 1. The van der Waals surface area contributed by atoms with E-state index in [2.05, 4.69) is 0 Å². The molecule has 0 radical (unpaired) electrons. The average molecular weight is 249 g/mol. The molecule has 0 spiro atoms. The molecule has 0 aliphatic carbocycles. The lowest BCUT2D eigenvalue weighted by molar-refractivity contribution is -0.143. The molecular weight excluding hydrogens is 230 g/mol. The van der Waals surface area contributed by atoms with Crippen LogP contribution >= 0.6 is 0 Å². The van der Waals surface area contributed by atoms with Gasteiger partial charge in [-0.05, 0) is 43.0 Å². The van der Waals surface area contributed by atoms with E-state index in [0.717, 1.165) is 11.1 Å². The smallest absolute Gasteiger partial charge is 0.312 e. The third-order valence-electron chi connectivity index (χ3n) is 3.31. The second kappa shape index (κ2) is 5.67. The molecule has 0 fully saturated rings. The van der Waals surface area contributed by atoms with E-state index in [9.17, 15) is 9.59 Å². The number of aliphatic carboxylic acids is 1. The lowest BCUT2D eigenvalue weighted by Crippen LogP contribution is -2.28. The highest BCUT2D eigenvalue weighted by Crippen LogP contribution is 2.18. The van der Waals surface area contributed by atoms with Crippen molar-refractivity contribution in [1.82, 2.24) is 4.90 Å². The zero-order valence-electron chi connectivity index (χ0n) is 11.3. The molecule has 4 heteroatoms. The van der Waals surface area contributed by atoms with E-state index in [1.165, 1.54) is 16.0 Å². The van der Waals surface area contributed by atoms with Gasteiger partial charge in [0.1, 0.15) is 6.42 Å². The monoisotopic (exact) mass is 249 g/mol. The van der Waals surface area contributed by atoms with Gasteiger partial charge in [0.15, 0.2) is 0 Å². The quantitative estimate of drug-likeness (QED) is 0.831. The fourth-order valence-electron chi connectivity index (χ4n) is 1.79. The Hall–Kier alpha value is -1.84. The van der Waals surface area contributed by atoms with Crippen LogP contribution in [0.25, 0.3) is 0 Å². The van der Waals surface area contributed by atoms with Crippen LogP contribution in [0.2, 0.25) is 0 Å². The zero-order chi connectivity index (χ0) is 13.9. The van der Waals surface area contributed by atoms with Crippen molar-refractivity contribution in [3.8, 4) is 0 Å². The molecular formula is C14H19NO3. The van der Waals surface area contributed by atoms with Crippen molar-refractivity contribution in [3.05, 3.63) is 34.4 Å². The molecule has 0 unspecified atom stereocenters. The Bertz CT molecular complexity index is 480. The normalized spacial score (nSPS) is 10.2. The van der Waals surface area contributed by atoms with Crippen LogP contribution in [0.3, 0.4) is 0 Å². The van der Waals surface area contributed by atoms with Gasteiger partial charge < -0.3 is 10.0 Å². The van der Waals surface area contributed by atoms with Gasteiger partial charge in [-0.2, -0.15) is 0 Å². The molecule has 0 atom stereocenters. The van der Waals surface area contributed by atoms with E-state index in [-0.39, 0.29) is 5.91 Å². The molecule has 0 aliphatic rings. The maximum atomic E-state index is 11.6. The lowest BCUT2D eigenvalue weighted by atomic mass is 9.98. The number of carboxylic acids is 1. The predicted octanol–water partition coefficient (Wildman–Crippen LogP) is 2.04. The number of carbonyl (C=O) groups is 2. The molecule has 0 heterocycles. The van der Waals surface area contributed by atoms with Crippen LogP contribution in [0.1, 0.15) is 28.7 Å². The van der Waals surface area contributed by atoms with Crippen molar-refractivity contribution in [1.29, 1.82) is 0 Å². The van der Waals surface area contributed by atoms with Crippen molar-refractivity contribution in [3.63, 3.8) is 0 Å². The van der Waals surface area contributed by atoms with Gasteiger partial charge in [-0.15, -0.1) is 0 Å². The number of rotatable bonds is 4. The predicted molar refractivity (Wildman–Crippen MR) is 69.4 cm³/mol. The Kier molecular flexibility index (Phi) is 4.48. The molecule has 0 saturated carbocycles. The summed E-state index contributed by atoms with van der Waals surface area (Å²) in [6.45, 7) is 6.56. The summed E-state index contributed by atoms with van der Waals surface area (Å²) in [6, 6.07) is 4.01. The van der Waals surface area contributed by atoms with Crippen molar-refractivity contribution >= 4 is 11.9 Å². The highest BCUT2D eigenvalue weighted by Gasteiger charge is 2.14. The molecule has 0 aliphatic heterocycles. The van der Waals surface area contributed by atoms with E-state index in [4.69, 9.17) is 5.11 Å². The first-order valence-corrected chi connectivity index (χ1v) is 5.84. The molecule has 4 nitrogen and oxygen atoms in total. The first-order chi connectivity index (χ1) is 8.32. The molecule has 1 rings (SSSR count). The number of hydrogen-bond acceptors (Lipinski definition) is 2. The summed E-state index contributed by atoms with van der Waals surface area (Å²) in [5.41, 5.74) is 4.65. The summed E-state index contributed by atoms with van der Waals surface area (Å²) in [7, 11) is 1.62. The van der Waals surface area contributed by atoms with Gasteiger partial charge in [0.25, 0.3) is 0 Å². The van der Waals surface area contributed by atoms with Crippen molar-refractivity contribution in [2.45, 2.75) is 33.7 Å². The topological polar surface area (TPSA) is 57.6 Å². The van der Waals surface area contributed by atoms with Gasteiger partial charge in [0.2, 0.25) is 5.91 Å². The lowest BCUT2D eigenvalue weighted by Gasteiger charge is -2.19. The summed E-state index contributed by atoms with van der Waals surface area (Å²) < 4.78 is 0. The van der Waals surface area contributed by atoms with Crippen LogP contribution in [0, 0.1) is 20.8 Å². The maximum Gasteiger partial charge on any atom is 0.312 e. The molecule has 0 saturated heterocycles. The van der Waals surface area contributed by atoms with Gasteiger partial charge in [-0.25, -0.2) is 0 Å². The van der Waals surface area contributed by atoms with Crippen LogP contribution in [-0.4, -0.2) is 28.9 Å². The molecule has 0 aromatic heterocycles. The van der Waals surface area contributed by atoms with Crippen molar-refractivity contribution < 1.29 is 14.7 Å². The number of benzene rings is 1. The van der Waals surface area contributed by atoms with E-state index >= 15 is 0 Å². The first-order valence-electron chi connectivity index (χ1n) is 5.84. The first kappa shape index (κ1) is 14.2. The van der Waals surface area contributed by atoms with Crippen LogP contribution in [0.4, 0.5) is 0 Å². The summed E-state index contributed by atoms with van der Waals surface area (Å²) in [5.74, 6) is -1.47. The zero-order valence-corrected chi connectivity index (χ0v) is 11.3. The standard InChI is InChI=1S/C14H19NO3/c1-9-5-6-12(11(3)10(9)2)8-15(4)13(16)7-14(17)18/h5-6H,7-8H2,1-4H3,(H,17,18). The van der Waals surface area contributed by atoms with Gasteiger partial charge in [-0.1, -0.05) is 12.1 Å². The second-order valence-corrected chi connectivity index (χ2v) is 4.61. The largest absolute Gasteiger partial charge is 0.481 e. The molecule has 98 valence electrons. The van der Waals surface area contributed by atoms with Gasteiger partial charge in [0.05, 0.1) is 0 Å².